The van der Waals surface area contributed by atoms with Crippen molar-refractivity contribution in [3.05, 3.63) is 16.0 Å². The van der Waals surface area contributed by atoms with Gasteiger partial charge in [0.25, 0.3) is 0 Å². The molecule has 0 bridgehead atoms. The maximum atomic E-state index is 12.2. The van der Waals surface area contributed by atoms with E-state index in [2.05, 4.69) is 17.6 Å². The van der Waals surface area contributed by atoms with Crippen LogP contribution < -0.4 is 10.6 Å². The topological polar surface area (TPSA) is 78.4 Å². The summed E-state index contributed by atoms with van der Waals surface area (Å²) in [5.41, 5.74) is 1.23. The van der Waals surface area contributed by atoms with Crippen molar-refractivity contribution in [1.82, 2.24) is 5.32 Å². The highest BCUT2D eigenvalue weighted by Crippen LogP contribution is 2.39. The summed E-state index contributed by atoms with van der Waals surface area (Å²) in [6.45, 7) is 2.19. The van der Waals surface area contributed by atoms with Crippen molar-refractivity contribution in [2.45, 2.75) is 64.3 Å². The highest BCUT2D eigenvalue weighted by molar-refractivity contribution is 7.17. The first-order chi connectivity index (χ1) is 11.0. The number of hydrogen-bond donors (Lipinski definition) is 3. The summed E-state index contributed by atoms with van der Waals surface area (Å²) in [4.78, 5) is 25.0. The van der Waals surface area contributed by atoms with E-state index < -0.39 is 5.97 Å². The van der Waals surface area contributed by atoms with E-state index in [9.17, 15) is 14.7 Å². The summed E-state index contributed by atoms with van der Waals surface area (Å²) in [5.74, 6) is -0.364. The van der Waals surface area contributed by atoms with Crippen LogP contribution in [0.5, 0.6) is 0 Å². The van der Waals surface area contributed by atoms with Gasteiger partial charge in [0.1, 0.15) is 5.00 Å². The van der Waals surface area contributed by atoms with Crippen molar-refractivity contribution in [3.63, 3.8) is 0 Å². The molecule has 3 N–H and O–H groups in total. The number of thiophene rings is 1. The Morgan fingerprint density at radius 2 is 1.91 bits per heavy atom. The van der Waals surface area contributed by atoms with E-state index in [4.69, 9.17) is 0 Å². The number of carbonyl (C=O) groups is 2. The first-order valence-corrected chi connectivity index (χ1v) is 9.31. The van der Waals surface area contributed by atoms with Crippen LogP contribution in [0.25, 0.3) is 0 Å². The number of anilines is 1. The van der Waals surface area contributed by atoms with Crippen molar-refractivity contribution in [1.29, 1.82) is 0 Å². The second-order valence-corrected chi connectivity index (χ2v) is 7.90. The van der Waals surface area contributed by atoms with E-state index in [0.29, 0.717) is 16.5 Å². The summed E-state index contributed by atoms with van der Waals surface area (Å²) in [6.07, 6.45) is 8.27. The summed E-state index contributed by atoms with van der Waals surface area (Å²) in [7, 11) is 0. The second kappa shape index (κ2) is 6.91. The molecular weight excluding hydrogens is 312 g/mol. The molecule has 126 valence electrons. The van der Waals surface area contributed by atoms with Gasteiger partial charge in [-0.1, -0.05) is 26.2 Å². The fourth-order valence-electron chi connectivity index (χ4n) is 3.64. The number of fused-ring (bicyclic) bond motifs is 1. The zero-order chi connectivity index (χ0) is 16.4. The normalized spacial score (nSPS) is 21.5. The third-order valence-electron chi connectivity index (χ3n) is 4.89. The van der Waals surface area contributed by atoms with Gasteiger partial charge in [-0.15, -0.1) is 11.3 Å². The lowest BCUT2D eigenvalue weighted by Crippen LogP contribution is -2.39. The van der Waals surface area contributed by atoms with E-state index in [1.807, 2.05) is 0 Å². The van der Waals surface area contributed by atoms with Crippen molar-refractivity contribution >= 4 is 28.3 Å². The number of carbonyl (C=O) groups excluding carboxylic acids is 1. The molecule has 1 saturated carbocycles. The molecule has 6 heteroatoms. The van der Waals surface area contributed by atoms with Gasteiger partial charge in [0.05, 0.1) is 5.56 Å². The average molecular weight is 336 g/mol. The number of carboxylic acids is 1. The van der Waals surface area contributed by atoms with Gasteiger partial charge in [-0.3, -0.25) is 5.32 Å². The standard InChI is InChI=1S/C17H24N2O3S/c1-10-7-8-12-13(9-10)23-15(14(12)16(20)21)19-17(22)18-11-5-3-2-4-6-11/h10-11H,2-9H2,1H3,(H,20,21)(H2,18,19,22). The molecule has 2 aliphatic carbocycles. The van der Waals surface area contributed by atoms with E-state index in [1.54, 1.807) is 0 Å². The fourth-order valence-corrected chi connectivity index (χ4v) is 5.03. The maximum absolute atomic E-state index is 12.2. The molecule has 23 heavy (non-hydrogen) atoms. The minimum Gasteiger partial charge on any atom is -0.478 e. The van der Waals surface area contributed by atoms with Gasteiger partial charge in [0.2, 0.25) is 0 Å². The molecule has 3 rings (SSSR count). The van der Waals surface area contributed by atoms with Crippen LogP contribution in [0.2, 0.25) is 0 Å². The molecule has 1 fully saturated rings. The summed E-state index contributed by atoms with van der Waals surface area (Å²) in [6, 6.07) is -0.0577. The van der Waals surface area contributed by atoms with Crippen molar-refractivity contribution in [2.75, 3.05) is 5.32 Å². The van der Waals surface area contributed by atoms with Gasteiger partial charge in [-0.25, -0.2) is 9.59 Å². The highest BCUT2D eigenvalue weighted by Gasteiger charge is 2.28. The smallest absolute Gasteiger partial charge is 0.339 e. The molecule has 1 aromatic rings. The Bertz CT molecular complexity index is 605. The molecule has 1 unspecified atom stereocenters. The van der Waals surface area contributed by atoms with E-state index in [-0.39, 0.29) is 12.1 Å². The zero-order valence-electron chi connectivity index (χ0n) is 13.5. The number of amides is 2. The Hall–Kier alpha value is -1.56. The van der Waals surface area contributed by atoms with Gasteiger partial charge in [0, 0.05) is 10.9 Å². The molecule has 0 radical (unpaired) electrons. The second-order valence-electron chi connectivity index (χ2n) is 6.79. The summed E-state index contributed by atoms with van der Waals surface area (Å²) < 4.78 is 0. The predicted octanol–water partition coefficient (Wildman–Crippen LogP) is 4.03. The van der Waals surface area contributed by atoms with Crippen LogP contribution in [0.3, 0.4) is 0 Å². The molecule has 1 atom stereocenters. The molecular formula is C17H24N2O3S. The van der Waals surface area contributed by atoms with Crippen molar-refractivity contribution in [3.8, 4) is 0 Å². The monoisotopic (exact) mass is 336 g/mol. The minimum absolute atomic E-state index is 0.214. The molecule has 0 spiro atoms. The molecule has 0 aromatic carbocycles. The van der Waals surface area contributed by atoms with Crippen LogP contribution in [0, 0.1) is 5.92 Å². The minimum atomic E-state index is -0.940. The number of carboxylic acid groups (broad SMARTS) is 1. The Balaban J connectivity index is 1.74. The maximum Gasteiger partial charge on any atom is 0.339 e. The lowest BCUT2D eigenvalue weighted by Gasteiger charge is -2.22. The molecule has 1 heterocycles. The van der Waals surface area contributed by atoms with Crippen LogP contribution in [0.1, 0.15) is 66.2 Å². The van der Waals surface area contributed by atoms with E-state index in [0.717, 1.165) is 55.4 Å². The van der Waals surface area contributed by atoms with Gasteiger partial charge in [-0.05, 0) is 43.6 Å². The van der Waals surface area contributed by atoms with Gasteiger partial charge >= 0.3 is 12.0 Å². The Morgan fingerprint density at radius 1 is 1.17 bits per heavy atom. The molecule has 0 saturated heterocycles. The number of nitrogens with one attached hydrogen (secondary N) is 2. The van der Waals surface area contributed by atoms with Crippen LogP contribution in [0.4, 0.5) is 9.80 Å². The first kappa shape index (κ1) is 16.3. The number of rotatable bonds is 3. The number of urea groups is 1. The largest absolute Gasteiger partial charge is 0.478 e. The van der Waals surface area contributed by atoms with E-state index >= 15 is 0 Å². The predicted molar refractivity (Wildman–Crippen MR) is 91.5 cm³/mol. The van der Waals surface area contributed by atoms with Crippen molar-refractivity contribution in [2.24, 2.45) is 5.92 Å². The fraction of sp³-hybridized carbons (Fsp3) is 0.647. The zero-order valence-corrected chi connectivity index (χ0v) is 14.3. The molecule has 1 aromatic heterocycles. The SMILES string of the molecule is CC1CCc2c(sc(NC(=O)NC3CCCCC3)c2C(=O)O)C1. The average Bonchev–Trinajstić information content (AvgIpc) is 2.84. The Labute approximate surface area is 140 Å². The summed E-state index contributed by atoms with van der Waals surface area (Å²) >= 11 is 1.43. The first-order valence-electron chi connectivity index (χ1n) is 8.50. The number of aromatic carboxylic acids is 1. The Kier molecular flexibility index (Phi) is 4.90. The van der Waals surface area contributed by atoms with Crippen molar-refractivity contribution < 1.29 is 14.7 Å². The number of hydrogen-bond acceptors (Lipinski definition) is 3. The molecule has 2 amide bonds. The molecule has 5 nitrogen and oxygen atoms in total. The summed E-state index contributed by atoms with van der Waals surface area (Å²) in [5, 5.41) is 15.8. The van der Waals surface area contributed by atoms with Gasteiger partial charge < -0.3 is 10.4 Å². The van der Waals surface area contributed by atoms with Crippen LogP contribution in [0.15, 0.2) is 0 Å². The van der Waals surface area contributed by atoms with Crippen LogP contribution >= 0.6 is 11.3 Å². The van der Waals surface area contributed by atoms with Gasteiger partial charge in [-0.2, -0.15) is 0 Å². The highest BCUT2D eigenvalue weighted by atomic mass is 32.1. The third kappa shape index (κ3) is 3.68. The molecule has 0 aliphatic heterocycles. The molecule has 2 aliphatic rings. The third-order valence-corrected chi connectivity index (χ3v) is 6.06. The quantitative estimate of drug-likeness (QED) is 0.780. The lowest BCUT2D eigenvalue weighted by atomic mass is 9.88. The Morgan fingerprint density at radius 3 is 2.61 bits per heavy atom. The van der Waals surface area contributed by atoms with Crippen LogP contribution in [-0.4, -0.2) is 23.1 Å². The van der Waals surface area contributed by atoms with E-state index in [1.165, 1.54) is 17.8 Å². The lowest BCUT2D eigenvalue weighted by molar-refractivity contribution is 0.0697. The van der Waals surface area contributed by atoms with Crippen LogP contribution in [-0.2, 0) is 12.8 Å². The van der Waals surface area contributed by atoms with Gasteiger partial charge in [0.15, 0.2) is 0 Å².